The maximum Gasteiger partial charge on any atom is 0.222 e. The summed E-state index contributed by atoms with van der Waals surface area (Å²) in [4.78, 5) is 16.7. The standard InChI is InChI=1S/C20H29FN4O3S.HI/c1-2-22-19(23-10-6-18(26)25-17-7-11-29(27,28)13-17)24-14-20(8-9-20)15-4-3-5-16(21)12-15;/h3-5,12,17H,2,6-11,13-14H2,1H3,(H,25,26)(H2,22,23,24);1H. The number of carbonyl (C=O) groups is 1. The molecule has 2 aliphatic rings. The van der Waals surface area contributed by atoms with Gasteiger partial charge in [0.15, 0.2) is 15.8 Å². The Bertz CT molecular complexity index is 875. The summed E-state index contributed by atoms with van der Waals surface area (Å²) in [5.74, 6) is 0.378. The molecular formula is C20H30FIN4O3S. The van der Waals surface area contributed by atoms with E-state index in [0.717, 1.165) is 18.4 Å². The molecule has 2 fully saturated rings. The van der Waals surface area contributed by atoms with Crippen LogP contribution in [-0.2, 0) is 20.0 Å². The van der Waals surface area contributed by atoms with E-state index < -0.39 is 9.84 Å². The van der Waals surface area contributed by atoms with Gasteiger partial charge in [-0.25, -0.2) is 12.8 Å². The highest BCUT2D eigenvalue weighted by Crippen LogP contribution is 2.48. The van der Waals surface area contributed by atoms with Gasteiger partial charge in [-0.1, -0.05) is 12.1 Å². The van der Waals surface area contributed by atoms with Crippen molar-refractivity contribution in [2.45, 2.75) is 44.1 Å². The zero-order valence-corrected chi connectivity index (χ0v) is 20.3. The van der Waals surface area contributed by atoms with Crippen molar-refractivity contribution in [2.24, 2.45) is 4.99 Å². The maximum atomic E-state index is 13.5. The van der Waals surface area contributed by atoms with E-state index in [1.807, 2.05) is 13.0 Å². The molecule has 30 heavy (non-hydrogen) atoms. The first-order valence-corrected chi connectivity index (χ1v) is 11.9. The Kier molecular flexibility index (Phi) is 8.89. The highest BCUT2D eigenvalue weighted by molar-refractivity contribution is 14.0. The Morgan fingerprint density at radius 3 is 2.67 bits per heavy atom. The van der Waals surface area contributed by atoms with Crippen LogP contribution in [0.1, 0.15) is 38.2 Å². The van der Waals surface area contributed by atoms with E-state index >= 15 is 0 Å². The van der Waals surface area contributed by atoms with Gasteiger partial charge in [-0.2, -0.15) is 0 Å². The van der Waals surface area contributed by atoms with Crippen molar-refractivity contribution in [3.8, 4) is 0 Å². The second-order valence-electron chi connectivity index (χ2n) is 7.83. The number of sulfone groups is 1. The Morgan fingerprint density at radius 1 is 1.30 bits per heavy atom. The number of aliphatic imine (C=N–C) groups is 1. The van der Waals surface area contributed by atoms with Crippen LogP contribution in [0.15, 0.2) is 29.3 Å². The molecular weight excluding hydrogens is 522 g/mol. The molecule has 1 amide bonds. The predicted octanol–water partition coefficient (Wildman–Crippen LogP) is 1.72. The van der Waals surface area contributed by atoms with Gasteiger partial charge in [0, 0.05) is 31.0 Å². The molecule has 7 nitrogen and oxygen atoms in total. The van der Waals surface area contributed by atoms with Crippen LogP contribution >= 0.6 is 24.0 Å². The van der Waals surface area contributed by atoms with Gasteiger partial charge in [0.2, 0.25) is 5.91 Å². The van der Waals surface area contributed by atoms with Gasteiger partial charge >= 0.3 is 0 Å². The van der Waals surface area contributed by atoms with Crippen LogP contribution in [0.5, 0.6) is 0 Å². The maximum absolute atomic E-state index is 13.5. The largest absolute Gasteiger partial charge is 0.357 e. The van der Waals surface area contributed by atoms with Gasteiger partial charge in [-0.05, 0) is 43.9 Å². The highest BCUT2D eigenvalue weighted by Gasteiger charge is 2.44. The molecule has 10 heteroatoms. The zero-order chi connectivity index (χ0) is 20.9. The molecule has 3 rings (SSSR count). The number of carbonyl (C=O) groups excluding carboxylic acids is 1. The fourth-order valence-corrected chi connectivity index (χ4v) is 5.26. The van der Waals surface area contributed by atoms with Crippen LogP contribution in [0.4, 0.5) is 4.39 Å². The minimum atomic E-state index is -3.01. The van der Waals surface area contributed by atoms with Crippen LogP contribution in [0.25, 0.3) is 0 Å². The molecule has 1 aliphatic carbocycles. The van der Waals surface area contributed by atoms with E-state index in [1.54, 1.807) is 12.1 Å². The summed E-state index contributed by atoms with van der Waals surface area (Å²) in [5.41, 5.74) is 0.874. The number of amides is 1. The minimum absolute atomic E-state index is 0. The average Bonchev–Trinajstić information content (AvgIpc) is 3.38. The monoisotopic (exact) mass is 552 g/mol. The quantitative estimate of drug-likeness (QED) is 0.259. The molecule has 1 aromatic rings. The Labute approximate surface area is 194 Å². The molecule has 3 N–H and O–H groups in total. The number of hydrogen-bond acceptors (Lipinski definition) is 4. The van der Waals surface area contributed by atoms with E-state index in [2.05, 4.69) is 20.9 Å². The molecule has 0 spiro atoms. The number of hydrogen-bond donors (Lipinski definition) is 3. The fourth-order valence-electron chi connectivity index (χ4n) is 3.58. The van der Waals surface area contributed by atoms with Gasteiger partial charge < -0.3 is 16.0 Å². The van der Waals surface area contributed by atoms with Crippen LogP contribution in [0.3, 0.4) is 0 Å². The fraction of sp³-hybridized carbons (Fsp3) is 0.600. The summed E-state index contributed by atoms with van der Waals surface area (Å²) < 4.78 is 36.5. The second kappa shape index (κ2) is 10.7. The first-order chi connectivity index (χ1) is 13.8. The molecule has 1 unspecified atom stereocenters. The van der Waals surface area contributed by atoms with E-state index in [9.17, 15) is 17.6 Å². The number of guanidine groups is 1. The van der Waals surface area contributed by atoms with Gasteiger partial charge in [-0.3, -0.25) is 9.79 Å². The summed E-state index contributed by atoms with van der Waals surface area (Å²) in [7, 11) is -3.01. The molecule has 1 heterocycles. The lowest BCUT2D eigenvalue weighted by atomic mass is 9.96. The Hall–Kier alpha value is -1.43. The third kappa shape index (κ3) is 7.07. The lowest BCUT2D eigenvalue weighted by Gasteiger charge is -2.16. The molecule has 1 atom stereocenters. The van der Waals surface area contributed by atoms with E-state index in [1.165, 1.54) is 6.07 Å². The first-order valence-electron chi connectivity index (χ1n) is 10.1. The van der Waals surface area contributed by atoms with Crippen molar-refractivity contribution in [1.82, 2.24) is 16.0 Å². The van der Waals surface area contributed by atoms with Crippen molar-refractivity contribution in [3.63, 3.8) is 0 Å². The van der Waals surface area contributed by atoms with Crippen LogP contribution in [0.2, 0.25) is 0 Å². The molecule has 0 radical (unpaired) electrons. The van der Waals surface area contributed by atoms with E-state index in [4.69, 9.17) is 0 Å². The van der Waals surface area contributed by atoms with E-state index in [0.29, 0.717) is 32.0 Å². The highest BCUT2D eigenvalue weighted by atomic mass is 127. The van der Waals surface area contributed by atoms with Gasteiger partial charge in [0.1, 0.15) is 5.82 Å². The smallest absolute Gasteiger partial charge is 0.222 e. The lowest BCUT2D eigenvalue weighted by Crippen LogP contribution is -2.41. The summed E-state index contributed by atoms with van der Waals surface area (Å²) in [5, 5.41) is 9.08. The molecule has 1 saturated carbocycles. The Balaban J connectivity index is 0.00000320. The Morgan fingerprint density at radius 2 is 2.07 bits per heavy atom. The third-order valence-electron chi connectivity index (χ3n) is 5.42. The second-order valence-corrected chi connectivity index (χ2v) is 10.1. The third-order valence-corrected chi connectivity index (χ3v) is 7.18. The number of benzene rings is 1. The van der Waals surface area contributed by atoms with Crippen molar-refractivity contribution < 1.29 is 17.6 Å². The van der Waals surface area contributed by atoms with Crippen LogP contribution in [0, 0.1) is 5.82 Å². The summed E-state index contributed by atoms with van der Waals surface area (Å²) in [6, 6.07) is 6.41. The molecule has 1 saturated heterocycles. The average molecular weight is 552 g/mol. The molecule has 0 bridgehead atoms. The van der Waals surface area contributed by atoms with Crippen LogP contribution in [-0.4, -0.2) is 57.5 Å². The number of nitrogens with zero attached hydrogens (tertiary/aromatic N) is 1. The first kappa shape index (κ1) is 24.8. The minimum Gasteiger partial charge on any atom is -0.357 e. The number of rotatable bonds is 8. The predicted molar refractivity (Wildman–Crippen MR) is 127 cm³/mol. The van der Waals surface area contributed by atoms with Gasteiger partial charge in [0.25, 0.3) is 0 Å². The normalized spacial score (nSPS) is 21.4. The van der Waals surface area contributed by atoms with Crippen molar-refractivity contribution in [2.75, 3.05) is 31.1 Å². The van der Waals surface area contributed by atoms with Crippen molar-refractivity contribution >= 4 is 45.7 Å². The molecule has 1 aliphatic heterocycles. The van der Waals surface area contributed by atoms with Crippen molar-refractivity contribution in [3.05, 3.63) is 35.6 Å². The topological polar surface area (TPSA) is 99.7 Å². The molecule has 1 aromatic carbocycles. The van der Waals surface area contributed by atoms with Crippen molar-refractivity contribution in [1.29, 1.82) is 0 Å². The number of halogens is 2. The summed E-state index contributed by atoms with van der Waals surface area (Å²) in [6.07, 6.45) is 2.67. The van der Waals surface area contributed by atoms with Gasteiger partial charge in [0.05, 0.1) is 18.1 Å². The van der Waals surface area contributed by atoms with Gasteiger partial charge in [-0.15, -0.1) is 24.0 Å². The summed E-state index contributed by atoms with van der Waals surface area (Å²) in [6.45, 7) is 3.59. The number of nitrogens with one attached hydrogen (secondary N) is 3. The van der Waals surface area contributed by atoms with E-state index in [-0.39, 0.29) is 65.1 Å². The summed E-state index contributed by atoms with van der Waals surface area (Å²) >= 11 is 0. The SMILES string of the molecule is CCNC(=NCC1(c2cccc(F)c2)CC1)NCCC(=O)NC1CCS(=O)(=O)C1.I. The zero-order valence-electron chi connectivity index (χ0n) is 17.1. The lowest BCUT2D eigenvalue weighted by molar-refractivity contribution is -0.121. The molecule has 168 valence electrons. The van der Waals surface area contributed by atoms with Crippen LogP contribution < -0.4 is 16.0 Å². The molecule has 0 aromatic heterocycles.